The molecule has 1 aromatic carbocycles. The standard InChI is InChI=1S/C13H14ClN3S/c1-8-7-18-13(16-9(8)2)17-12-5-10(6-15)3-4-11(12)14/h3-5,8-9H,7H2,1-2H3,(H,16,17). The van der Waals surface area contributed by atoms with Crippen LogP contribution >= 0.6 is 23.4 Å². The second kappa shape index (κ2) is 5.64. The zero-order chi connectivity index (χ0) is 13.1. The van der Waals surface area contributed by atoms with Gasteiger partial charge >= 0.3 is 0 Å². The third-order valence-electron chi connectivity index (χ3n) is 2.96. The van der Waals surface area contributed by atoms with Crippen molar-refractivity contribution in [3.8, 4) is 6.07 Å². The molecule has 0 aliphatic carbocycles. The van der Waals surface area contributed by atoms with Crippen LogP contribution in [0.5, 0.6) is 0 Å². The maximum absolute atomic E-state index is 8.88. The van der Waals surface area contributed by atoms with Crippen molar-refractivity contribution in [2.45, 2.75) is 19.9 Å². The van der Waals surface area contributed by atoms with Crippen molar-refractivity contribution in [1.82, 2.24) is 0 Å². The number of nitrogens with zero attached hydrogens (tertiary/aromatic N) is 2. The largest absolute Gasteiger partial charge is 0.334 e. The van der Waals surface area contributed by atoms with Gasteiger partial charge in [0.1, 0.15) is 0 Å². The van der Waals surface area contributed by atoms with Gasteiger partial charge in [-0.2, -0.15) is 5.26 Å². The Kier molecular flexibility index (Phi) is 4.15. The maximum atomic E-state index is 8.88. The van der Waals surface area contributed by atoms with Gasteiger partial charge in [0.05, 0.1) is 28.4 Å². The Bertz CT molecular complexity index is 521. The highest BCUT2D eigenvalue weighted by molar-refractivity contribution is 8.14. The van der Waals surface area contributed by atoms with Crippen LogP contribution in [0.4, 0.5) is 5.69 Å². The van der Waals surface area contributed by atoms with Crippen molar-refractivity contribution < 1.29 is 0 Å². The fraction of sp³-hybridized carbons (Fsp3) is 0.385. The Morgan fingerprint density at radius 1 is 1.50 bits per heavy atom. The first-order valence-electron chi connectivity index (χ1n) is 5.77. The molecule has 1 aliphatic heterocycles. The van der Waals surface area contributed by atoms with Gasteiger partial charge in [-0.05, 0) is 31.0 Å². The van der Waals surface area contributed by atoms with E-state index in [0.29, 0.717) is 22.5 Å². The summed E-state index contributed by atoms with van der Waals surface area (Å²) in [6, 6.07) is 7.59. The molecule has 0 aromatic heterocycles. The number of aliphatic imine (C=N–C) groups is 1. The minimum Gasteiger partial charge on any atom is -0.334 e. The summed E-state index contributed by atoms with van der Waals surface area (Å²) in [6.07, 6.45) is 0. The van der Waals surface area contributed by atoms with Crippen LogP contribution in [0.25, 0.3) is 0 Å². The van der Waals surface area contributed by atoms with E-state index in [2.05, 4.69) is 30.2 Å². The number of nitrogens with one attached hydrogen (secondary N) is 1. The van der Waals surface area contributed by atoms with E-state index in [9.17, 15) is 0 Å². The molecule has 2 unspecified atom stereocenters. The molecule has 0 amide bonds. The van der Waals surface area contributed by atoms with Crippen LogP contribution < -0.4 is 5.32 Å². The monoisotopic (exact) mass is 279 g/mol. The number of anilines is 1. The summed E-state index contributed by atoms with van der Waals surface area (Å²) in [4.78, 5) is 4.58. The van der Waals surface area contributed by atoms with Gasteiger partial charge in [0.2, 0.25) is 0 Å². The van der Waals surface area contributed by atoms with Gasteiger partial charge in [-0.1, -0.05) is 30.3 Å². The summed E-state index contributed by atoms with van der Waals surface area (Å²) >= 11 is 7.79. The summed E-state index contributed by atoms with van der Waals surface area (Å²) in [5, 5.41) is 13.6. The molecule has 18 heavy (non-hydrogen) atoms. The van der Waals surface area contributed by atoms with Crippen LogP contribution in [0.2, 0.25) is 5.02 Å². The summed E-state index contributed by atoms with van der Waals surface area (Å²) in [5.41, 5.74) is 1.33. The Hall–Kier alpha value is -1.18. The van der Waals surface area contributed by atoms with E-state index < -0.39 is 0 Å². The van der Waals surface area contributed by atoms with Crippen LogP contribution in [0.15, 0.2) is 23.2 Å². The minimum absolute atomic E-state index is 0.312. The van der Waals surface area contributed by atoms with Gasteiger partial charge in [-0.3, -0.25) is 4.99 Å². The van der Waals surface area contributed by atoms with Crippen LogP contribution in [0.3, 0.4) is 0 Å². The number of benzene rings is 1. The fourth-order valence-corrected chi connectivity index (χ4v) is 2.86. The van der Waals surface area contributed by atoms with E-state index >= 15 is 0 Å². The lowest BCUT2D eigenvalue weighted by molar-refractivity contribution is 0.537. The predicted octanol–water partition coefficient (Wildman–Crippen LogP) is 3.75. The molecule has 0 saturated heterocycles. The van der Waals surface area contributed by atoms with Crippen molar-refractivity contribution in [1.29, 1.82) is 5.26 Å². The predicted molar refractivity (Wildman–Crippen MR) is 78.3 cm³/mol. The highest BCUT2D eigenvalue weighted by Crippen LogP contribution is 2.27. The van der Waals surface area contributed by atoms with Crippen LogP contribution in [0, 0.1) is 17.2 Å². The molecular formula is C13H14ClN3S. The number of thioether (sulfide) groups is 1. The summed E-state index contributed by atoms with van der Waals surface area (Å²) in [7, 11) is 0. The number of nitriles is 1. The lowest BCUT2D eigenvalue weighted by atomic mass is 10.1. The van der Waals surface area contributed by atoms with Crippen molar-refractivity contribution in [3.63, 3.8) is 0 Å². The number of halogens is 1. The van der Waals surface area contributed by atoms with Gasteiger partial charge < -0.3 is 5.32 Å². The molecule has 1 N–H and O–H groups in total. The van der Waals surface area contributed by atoms with E-state index in [1.54, 1.807) is 30.0 Å². The number of hydrogen-bond donors (Lipinski definition) is 1. The quantitative estimate of drug-likeness (QED) is 0.852. The zero-order valence-electron chi connectivity index (χ0n) is 10.3. The third kappa shape index (κ3) is 2.98. The Balaban J connectivity index is 2.20. The molecular weight excluding hydrogens is 266 g/mol. The van der Waals surface area contributed by atoms with Crippen molar-refractivity contribution in [2.75, 3.05) is 11.1 Å². The van der Waals surface area contributed by atoms with Crippen molar-refractivity contribution in [2.24, 2.45) is 10.9 Å². The highest BCUT2D eigenvalue weighted by atomic mass is 35.5. The average Bonchev–Trinajstić information content (AvgIpc) is 2.36. The number of rotatable bonds is 1. The summed E-state index contributed by atoms with van der Waals surface area (Å²) < 4.78 is 0. The molecule has 5 heteroatoms. The molecule has 0 bridgehead atoms. The first kappa shape index (κ1) is 13.3. The normalized spacial score (nSPS) is 23.1. The minimum atomic E-state index is 0.312. The van der Waals surface area contributed by atoms with E-state index in [4.69, 9.17) is 16.9 Å². The summed E-state index contributed by atoms with van der Waals surface area (Å²) in [5.74, 6) is 1.63. The van der Waals surface area contributed by atoms with Gasteiger partial charge in [0.25, 0.3) is 0 Å². The number of hydrogen-bond acceptors (Lipinski definition) is 4. The fourth-order valence-electron chi connectivity index (χ4n) is 1.57. The molecule has 0 fully saturated rings. The second-order valence-electron chi connectivity index (χ2n) is 4.39. The van der Waals surface area contributed by atoms with E-state index in [-0.39, 0.29) is 0 Å². The maximum Gasteiger partial charge on any atom is 0.161 e. The molecule has 1 heterocycles. The Morgan fingerprint density at radius 3 is 2.94 bits per heavy atom. The van der Waals surface area contributed by atoms with E-state index in [1.807, 2.05) is 0 Å². The second-order valence-corrected chi connectivity index (χ2v) is 5.81. The molecule has 1 aliphatic rings. The van der Waals surface area contributed by atoms with E-state index in [1.165, 1.54) is 0 Å². The number of amidine groups is 1. The van der Waals surface area contributed by atoms with Gasteiger partial charge in [0.15, 0.2) is 5.17 Å². The topological polar surface area (TPSA) is 48.2 Å². The Morgan fingerprint density at radius 2 is 2.28 bits per heavy atom. The SMILES string of the molecule is CC1CSC(Nc2cc(C#N)ccc2Cl)=NC1C. The van der Waals surface area contributed by atoms with Gasteiger partial charge in [-0.25, -0.2) is 0 Å². The molecule has 1 aromatic rings. The molecule has 3 nitrogen and oxygen atoms in total. The molecule has 0 spiro atoms. The third-order valence-corrected chi connectivity index (χ3v) is 4.47. The molecule has 2 atom stereocenters. The van der Waals surface area contributed by atoms with Crippen molar-refractivity contribution >= 4 is 34.2 Å². The first-order valence-corrected chi connectivity index (χ1v) is 7.14. The molecule has 2 rings (SSSR count). The van der Waals surface area contributed by atoms with Crippen LogP contribution in [-0.4, -0.2) is 17.0 Å². The Labute approximate surface area is 116 Å². The molecule has 0 saturated carbocycles. The van der Waals surface area contributed by atoms with Gasteiger partial charge in [0, 0.05) is 5.75 Å². The average molecular weight is 280 g/mol. The molecule has 0 radical (unpaired) electrons. The van der Waals surface area contributed by atoms with E-state index in [0.717, 1.165) is 16.6 Å². The zero-order valence-corrected chi connectivity index (χ0v) is 11.8. The highest BCUT2D eigenvalue weighted by Gasteiger charge is 2.19. The summed E-state index contributed by atoms with van der Waals surface area (Å²) in [6.45, 7) is 4.31. The van der Waals surface area contributed by atoms with Gasteiger partial charge in [-0.15, -0.1) is 0 Å². The molecule has 94 valence electrons. The van der Waals surface area contributed by atoms with Crippen LogP contribution in [-0.2, 0) is 0 Å². The lowest BCUT2D eigenvalue weighted by Crippen LogP contribution is -2.25. The smallest absolute Gasteiger partial charge is 0.161 e. The lowest BCUT2D eigenvalue weighted by Gasteiger charge is -2.24. The van der Waals surface area contributed by atoms with Crippen LogP contribution in [0.1, 0.15) is 19.4 Å². The first-order chi connectivity index (χ1) is 8.60. The van der Waals surface area contributed by atoms with Crippen molar-refractivity contribution in [3.05, 3.63) is 28.8 Å².